The molecule has 41 heavy (non-hydrogen) atoms. The number of nitrogens with one attached hydrogen (secondary N) is 1. The highest BCUT2D eigenvalue weighted by Gasteiger charge is 2.22. The largest absolute Gasteiger partial charge is 0.461 e. The van der Waals surface area contributed by atoms with Crippen molar-refractivity contribution in [2.24, 2.45) is 0 Å². The molecule has 6 rings (SSSR count). The second-order valence-electron chi connectivity index (χ2n) is 8.86. The third kappa shape index (κ3) is 6.08. The Hall–Kier alpha value is -3.89. The highest BCUT2D eigenvalue weighted by atomic mass is 35.5. The number of nitrogens with zero attached hydrogens (tertiary/aromatic N) is 4. The first kappa shape index (κ1) is 27.3. The fourth-order valence-electron chi connectivity index (χ4n) is 4.27. The standard InChI is InChI=1S/C30H21Cl2N5O2S2/c31-21-13-14-24(22(32)16-21)37-28(25-12-7-15-39-25)35-36-30(37)41-18-26-33-23(17-40-26)29(38)34-27(19-8-3-1-4-9-19)20-10-5-2-6-11-20/h1-17,27H,18H2,(H,34,38). The van der Waals surface area contributed by atoms with E-state index in [1.165, 1.54) is 23.1 Å². The van der Waals surface area contributed by atoms with Gasteiger partial charge in [-0.25, -0.2) is 4.98 Å². The summed E-state index contributed by atoms with van der Waals surface area (Å²) >= 11 is 15.5. The summed E-state index contributed by atoms with van der Waals surface area (Å²) in [5.74, 6) is 1.29. The van der Waals surface area contributed by atoms with E-state index in [2.05, 4.69) is 20.5 Å². The van der Waals surface area contributed by atoms with Crippen molar-refractivity contribution < 1.29 is 9.21 Å². The number of halogens is 2. The number of benzene rings is 3. The number of carbonyl (C=O) groups is 1. The maximum atomic E-state index is 13.3. The van der Waals surface area contributed by atoms with Gasteiger partial charge in [0.25, 0.3) is 5.91 Å². The van der Waals surface area contributed by atoms with Crippen molar-refractivity contribution in [3.05, 3.63) is 135 Å². The fourth-order valence-corrected chi connectivity index (χ4v) is 6.50. The quantitative estimate of drug-likeness (QED) is 0.165. The molecule has 3 aromatic heterocycles. The molecule has 1 amide bonds. The molecule has 0 radical (unpaired) electrons. The first-order valence-corrected chi connectivity index (χ1v) is 15.1. The van der Waals surface area contributed by atoms with Crippen molar-refractivity contribution in [3.8, 4) is 17.3 Å². The van der Waals surface area contributed by atoms with Crippen molar-refractivity contribution in [1.29, 1.82) is 0 Å². The minimum atomic E-state index is -0.299. The van der Waals surface area contributed by atoms with Crippen molar-refractivity contribution >= 4 is 52.2 Å². The number of aromatic nitrogens is 4. The van der Waals surface area contributed by atoms with Gasteiger partial charge in [0.1, 0.15) is 10.7 Å². The molecule has 0 fully saturated rings. The van der Waals surface area contributed by atoms with Gasteiger partial charge in [0.05, 0.1) is 28.8 Å². The monoisotopic (exact) mass is 617 g/mol. The van der Waals surface area contributed by atoms with Crippen LogP contribution in [0.15, 0.2) is 112 Å². The van der Waals surface area contributed by atoms with Gasteiger partial charge in [-0.15, -0.1) is 21.5 Å². The number of rotatable bonds is 9. The van der Waals surface area contributed by atoms with Gasteiger partial charge in [-0.3, -0.25) is 9.36 Å². The Morgan fingerprint density at radius 2 is 1.68 bits per heavy atom. The van der Waals surface area contributed by atoms with Gasteiger partial charge in [0, 0.05) is 10.4 Å². The molecule has 11 heteroatoms. The molecule has 0 spiro atoms. The molecule has 3 heterocycles. The van der Waals surface area contributed by atoms with E-state index in [0.29, 0.717) is 43.9 Å². The molecule has 0 unspecified atom stereocenters. The summed E-state index contributed by atoms with van der Waals surface area (Å²) in [6.07, 6.45) is 1.58. The Morgan fingerprint density at radius 1 is 0.951 bits per heavy atom. The van der Waals surface area contributed by atoms with Gasteiger partial charge in [-0.05, 0) is 41.5 Å². The van der Waals surface area contributed by atoms with Crippen molar-refractivity contribution in [2.75, 3.05) is 0 Å². The molecule has 0 aliphatic heterocycles. The molecule has 0 aliphatic carbocycles. The lowest BCUT2D eigenvalue weighted by atomic mass is 9.98. The minimum Gasteiger partial charge on any atom is -0.461 e. The van der Waals surface area contributed by atoms with Crippen LogP contribution in [0.25, 0.3) is 17.3 Å². The summed E-state index contributed by atoms with van der Waals surface area (Å²) in [6, 6.07) is 28.3. The molecule has 0 atom stereocenters. The van der Waals surface area contributed by atoms with Crippen LogP contribution in [0.5, 0.6) is 0 Å². The number of thioether (sulfide) groups is 1. The lowest BCUT2D eigenvalue weighted by molar-refractivity contribution is 0.0938. The molecular formula is C30H21Cl2N5O2S2. The average molecular weight is 619 g/mol. The van der Waals surface area contributed by atoms with Crippen LogP contribution in [0.1, 0.15) is 32.7 Å². The van der Waals surface area contributed by atoms with E-state index < -0.39 is 0 Å². The smallest absolute Gasteiger partial charge is 0.271 e. The summed E-state index contributed by atoms with van der Waals surface area (Å²) in [6.45, 7) is 0. The zero-order valence-corrected chi connectivity index (χ0v) is 24.4. The zero-order chi connectivity index (χ0) is 28.2. The van der Waals surface area contributed by atoms with Crippen LogP contribution in [-0.4, -0.2) is 25.7 Å². The lowest BCUT2D eigenvalue weighted by Crippen LogP contribution is -2.29. The summed E-state index contributed by atoms with van der Waals surface area (Å²) in [5.41, 5.74) is 3.01. The third-order valence-corrected chi connectivity index (χ3v) is 8.69. The van der Waals surface area contributed by atoms with Gasteiger partial charge in [0.2, 0.25) is 5.82 Å². The van der Waals surface area contributed by atoms with Crippen molar-refractivity contribution in [3.63, 3.8) is 0 Å². The maximum Gasteiger partial charge on any atom is 0.271 e. The van der Waals surface area contributed by atoms with E-state index in [9.17, 15) is 4.79 Å². The molecule has 1 N–H and O–H groups in total. The van der Waals surface area contributed by atoms with Gasteiger partial charge < -0.3 is 9.73 Å². The van der Waals surface area contributed by atoms with E-state index in [0.717, 1.165) is 16.1 Å². The van der Waals surface area contributed by atoms with Crippen LogP contribution in [0.3, 0.4) is 0 Å². The minimum absolute atomic E-state index is 0.244. The number of furan rings is 1. The van der Waals surface area contributed by atoms with Crippen LogP contribution in [0.2, 0.25) is 10.0 Å². The summed E-state index contributed by atoms with van der Waals surface area (Å²) in [4.78, 5) is 17.9. The van der Waals surface area contributed by atoms with Crippen LogP contribution in [0, 0.1) is 0 Å². The lowest BCUT2D eigenvalue weighted by Gasteiger charge is -2.19. The first-order valence-electron chi connectivity index (χ1n) is 12.5. The normalized spacial score (nSPS) is 11.2. The Bertz CT molecular complexity index is 1730. The second kappa shape index (κ2) is 12.3. The Balaban J connectivity index is 1.22. The van der Waals surface area contributed by atoms with Gasteiger partial charge >= 0.3 is 0 Å². The van der Waals surface area contributed by atoms with E-state index in [1.54, 1.807) is 29.8 Å². The maximum absolute atomic E-state index is 13.3. The van der Waals surface area contributed by atoms with Crippen LogP contribution in [0.4, 0.5) is 0 Å². The molecule has 6 aromatic rings. The Morgan fingerprint density at radius 3 is 2.34 bits per heavy atom. The van der Waals surface area contributed by atoms with Crippen LogP contribution in [-0.2, 0) is 5.75 Å². The predicted octanol–water partition coefficient (Wildman–Crippen LogP) is 8.10. The molecule has 3 aromatic carbocycles. The van der Waals surface area contributed by atoms with E-state index in [-0.39, 0.29) is 11.9 Å². The van der Waals surface area contributed by atoms with E-state index >= 15 is 0 Å². The van der Waals surface area contributed by atoms with Crippen molar-refractivity contribution in [1.82, 2.24) is 25.1 Å². The van der Waals surface area contributed by atoms with Gasteiger partial charge in [0.15, 0.2) is 10.9 Å². The summed E-state index contributed by atoms with van der Waals surface area (Å²) < 4.78 is 7.42. The SMILES string of the molecule is O=C(NC(c1ccccc1)c1ccccc1)c1csc(CSc2nnc(-c3ccco3)n2-c2ccc(Cl)cc2Cl)n1. The number of thiazole rings is 1. The molecule has 7 nitrogen and oxygen atoms in total. The highest BCUT2D eigenvalue weighted by molar-refractivity contribution is 7.98. The number of hydrogen-bond donors (Lipinski definition) is 1. The summed E-state index contributed by atoms with van der Waals surface area (Å²) in [7, 11) is 0. The molecule has 0 aliphatic rings. The van der Waals surface area contributed by atoms with Crippen LogP contribution < -0.4 is 5.32 Å². The van der Waals surface area contributed by atoms with Gasteiger partial charge in [-0.2, -0.15) is 0 Å². The molecule has 0 saturated heterocycles. The van der Waals surface area contributed by atoms with Crippen molar-refractivity contribution in [2.45, 2.75) is 17.0 Å². The zero-order valence-electron chi connectivity index (χ0n) is 21.3. The topological polar surface area (TPSA) is 85.8 Å². The highest BCUT2D eigenvalue weighted by Crippen LogP contribution is 2.34. The number of hydrogen-bond acceptors (Lipinski definition) is 7. The average Bonchev–Trinajstić information content (AvgIpc) is 3.77. The third-order valence-electron chi connectivity index (χ3n) is 6.18. The molecule has 204 valence electrons. The summed E-state index contributed by atoms with van der Waals surface area (Å²) in [5, 5.41) is 16.0. The fraction of sp³-hybridized carbons (Fsp3) is 0.0667. The van der Waals surface area contributed by atoms with Gasteiger partial charge in [-0.1, -0.05) is 95.6 Å². The van der Waals surface area contributed by atoms with E-state index in [1.807, 2.05) is 77.4 Å². The Kier molecular flexibility index (Phi) is 8.20. The predicted molar refractivity (Wildman–Crippen MR) is 163 cm³/mol. The molecular weight excluding hydrogens is 597 g/mol. The first-order chi connectivity index (χ1) is 20.1. The second-order valence-corrected chi connectivity index (χ2v) is 11.6. The van der Waals surface area contributed by atoms with E-state index in [4.69, 9.17) is 27.6 Å². The Labute approximate surface area is 254 Å². The number of amides is 1. The molecule has 0 bridgehead atoms. The van der Waals surface area contributed by atoms with Crippen LogP contribution >= 0.6 is 46.3 Å². The molecule has 0 saturated carbocycles. The number of carbonyl (C=O) groups excluding carboxylic acids is 1.